The maximum Gasteiger partial charge on any atom is 0.269 e. The van der Waals surface area contributed by atoms with Crippen LogP contribution in [0.2, 0.25) is 0 Å². The number of azide groups is 1. The summed E-state index contributed by atoms with van der Waals surface area (Å²) in [5.41, 5.74) is 9.53. The van der Waals surface area contributed by atoms with Gasteiger partial charge in [0.15, 0.2) is 9.84 Å². The molecule has 0 heterocycles. The number of nitro groups is 1. The number of sulfone groups is 1. The molecule has 3 aromatic rings. The molecule has 0 amide bonds. The van der Waals surface area contributed by atoms with Crippen LogP contribution in [0.5, 0.6) is 5.75 Å². The quantitative estimate of drug-likeness (QED) is 0.0979. The first-order valence-electron chi connectivity index (χ1n) is 12.6. The van der Waals surface area contributed by atoms with Crippen molar-refractivity contribution in [2.45, 2.75) is 42.2 Å². The molecule has 0 aliphatic heterocycles. The molecular weight excluding hydrogens is 586 g/mol. The van der Waals surface area contributed by atoms with Crippen LogP contribution < -0.4 is 0 Å². The number of benzene rings is 3. The molecule has 3 rings (SSSR count). The lowest BCUT2D eigenvalue weighted by molar-refractivity contribution is -0.384. The van der Waals surface area contributed by atoms with E-state index < -0.39 is 36.9 Å². The molecule has 226 valence electrons. The number of phenolic OH excluding ortho intramolecular Hbond substituents is 1. The number of aromatic hydroxyl groups is 1. The van der Waals surface area contributed by atoms with Crippen LogP contribution in [0, 0.1) is 16.0 Å². The van der Waals surface area contributed by atoms with Crippen LogP contribution in [0.4, 0.5) is 5.69 Å². The molecule has 0 bridgehead atoms. The Labute approximate surface area is 244 Å². The summed E-state index contributed by atoms with van der Waals surface area (Å²) in [4.78, 5) is 12.7. The van der Waals surface area contributed by atoms with Crippen molar-refractivity contribution in [3.05, 3.63) is 105 Å². The molecule has 0 spiro atoms. The molecular formula is C27H33N5O8S2. The predicted molar refractivity (Wildman–Crippen MR) is 157 cm³/mol. The number of nitro benzene ring substituents is 1. The molecule has 15 heteroatoms. The third kappa shape index (κ3) is 10.4. The van der Waals surface area contributed by atoms with Gasteiger partial charge in [0.05, 0.1) is 26.9 Å². The van der Waals surface area contributed by atoms with Gasteiger partial charge in [-0.25, -0.2) is 16.8 Å². The van der Waals surface area contributed by atoms with Gasteiger partial charge in [0, 0.05) is 36.4 Å². The Morgan fingerprint density at radius 2 is 1.50 bits per heavy atom. The molecule has 2 atom stereocenters. The van der Waals surface area contributed by atoms with Gasteiger partial charge in [-0.2, -0.15) is 4.31 Å². The standard InChI is InChI=1S/C20H26N4O4S.C7H7NO4S/c1-15(2)13-24(29(27,28)18-6-4-3-5-7-18)14-20(26)19(22-23-21)12-16-8-10-17(25)11-9-16;1-13(11,12)7-4-2-6(3-5-7)8(9)10/h3-11,15,19-20,25-26H,12-14H2,1-2H3;2-5H,1H3/t19-,20?;/m0./s1. The topological polar surface area (TPSA) is 204 Å². The molecule has 0 saturated carbocycles. The van der Waals surface area contributed by atoms with E-state index in [4.69, 9.17) is 5.53 Å². The number of non-ortho nitro benzene ring substituents is 1. The highest BCUT2D eigenvalue weighted by Gasteiger charge is 2.30. The molecule has 0 radical (unpaired) electrons. The normalized spacial score (nSPS) is 13.0. The van der Waals surface area contributed by atoms with E-state index in [1.165, 1.54) is 40.7 Å². The molecule has 0 aromatic heterocycles. The summed E-state index contributed by atoms with van der Waals surface area (Å²) < 4.78 is 49.2. The Bertz CT molecular complexity index is 1580. The van der Waals surface area contributed by atoms with E-state index in [-0.39, 0.29) is 46.7 Å². The summed E-state index contributed by atoms with van der Waals surface area (Å²) in [6.45, 7) is 3.80. The van der Waals surface area contributed by atoms with Gasteiger partial charge in [0.1, 0.15) is 5.75 Å². The maximum absolute atomic E-state index is 13.1. The molecule has 0 aliphatic rings. The number of aliphatic hydroxyl groups excluding tert-OH is 1. The summed E-state index contributed by atoms with van der Waals surface area (Å²) in [6, 6.07) is 18.3. The van der Waals surface area contributed by atoms with Gasteiger partial charge in [0.2, 0.25) is 10.0 Å². The van der Waals surface area contributed by atoms with Gasteiger partial charge < -0.3 is 10.2 Å². The van der Waals surface area contributed by atoms with Crippen molar-refractivity contribution in [1.29, 1.82) is 0 Å². The van der Waals surface area contributed by atoms with E-state index in [0.717, 1.165) is 24.0 Å². The van der Waals surface area contributed by atoms with Crippen LogP contribution >= 0.6 is 0 Å². The lowest BCUT2D eigenvalue weighted by Crippen LogP contribution is -2.43. The third-order valence-electron chi connectivity index (χ3n) is 5.84. The number of nitrogens with zero attached hydrogens (tertiary/aromatic N) is 5. The maximum atomic E-state index is 13.1. The van der Waals surface area contributed by atoms with E-state index in [2.05, 4.69) is 10.0 Å². The SMILES string of the molecule is CC(C)CN(CC(O)[C@H](Cc1ccc(O)cc1)N=[N+]=[N-])S(=O)(=O)c1ccccc1.CS(=O)(=O)c1ccc([N+](=O)[O-])cc1. The minimum absolute atomic E-state index is 0.0377. The second kappa shape index (κ2) is 15.3. The van der Waals surface area contributed by atoms with Crippen molar-refractivity contribution in [3.8, 4) is 5.75 Å². The minimum Gasteiger partial charge on any atom is -0.508 e. The molecule has 13 nitrogen and oxygen atoms in total. The highest BCUT2D eigenvalue weighted by atomic mass is 32.2. The van der Waals surface area contributed by atoms with Crippen molar-refractivity contribution < 1.29 is 32.0 Å². The van der Waals surface area contributed by atoms with Gasteiger partial charge in [-0.15, -0.1) is 0 Å². The van der Waals surface area contributed by atoms with E-state index in [9.17, 15) is 37.2 Å². The summed E-state index contributed by atoms with van der Waals surface area (Å²) in [6.07, 6.45) is 0.0672. The average Bonchev–Trinajstić information content (AvgIpc) is 2.93. The van der Waals surface area contributed by atoms with Crippen LogP contribution in [0.15, 0.2) is 93.8 Å². The van der Waals surface area contributed by atoms with Gasteiger partial charge in [-0.3, -0.25) is 10.1 Å². The van der Waals surface area contributed by atoms with Crippen LogP contribution in [0.1, 0.15) is 19.4 Å². The summed E-state index contributed by atoms with van der Waals surface area (Å²) in [5, 5.41) is 34.0. The fourth-order valence-corrected chi connectivity index (χ4v) is 6.03. The number of sulfonamides is 1. The van der Waals surface area contributed by atoms with E-state index in [0.29, 0.717) is 0 Å². The molecule has 42 heavy (non-hydrogen) atoms. The number of rotatable bonds is 12. The van der Waals surface area contributed by atoms with Crippen molar-refractivity contribution >= 4 is 25.5 Å². The Morgan fingerprint density at radius 3 is 1.98 bits per heavy atom. The van der Waals surface area contributed by atoms with Gasteiger partial charge in [-0.1, -0.05) is 49.3 Å². The molecule has 0 aliphatic carbocycles. The Balaban J connectivity index is 0.000000395. The highest BCUT2D eigenvalue weighted by molar-refractivity contribution is 7.90. The second-order valence-electron chi connectivity index (χ2n) is 9.76. The third-order valence-corrected chi connectivity index (χ3v) is 8.82. The van der Waals surface area contributed by atoms with Crippen molar-refractivity contribution in [2.75, 3.05) is 19.3 Å². The summed E-state index contributed by atoms with van der Waals surface area (Å²) in [7, 11) is -7.08. The fourth-order valence-electron chi connectivity index (χ4n) is 3.76. The fraction of sp³-hybridized carbons (Fsp3) is 0.333. The lowest BCUT2D eigenvalue weighted by Gasteiger charge is -2.28. The number of hydrogen-bond donors (Lipinski definition) is 2. The zero-order chi connectivity index (χ0) is 31.5. The molecule has 3 aromatic carbocycles. The molecule has 2 N–H and O–H groups in total. The first-order valence-corrected chi connectivity index (χ1v) is 16.0. The van der Waals surface area contributed by atoms with Gasteiger partial charge in [0.25, 0.3) is 5.69 Å². The zero-order valence-corrected chi connectivity index (χ0v) is 24.9. The van der Waals surface area contributed by atoms with Crippen molar-refractivity contribution in [2.24, 2.45) is 11.0 Å². The summed E-state index contributed by atoms with van der Waals surface area (Å²) >= 11 is 0. The average molecular weight is 620 g/mol. The lowest BCUT2D eigenvalue weighted by atomic mass is 10.0. The molecule has 0 saturated heterocycles. The first kappa shape index (κ1) is 34.2. The first-order chi connectivity index (χ1) is 19.6. The van der Waals surface area contributed by atoms with Crippen LogP contribution in [-0.4, -0.2) is 67.8 Å². The van der Waals surface area contributed by atoms with E-state index in [1.807, 2.05) is 13.8 Å². The van der Waals surface area contributed by atoms with E-state index >= 15 is 0 Å². The largest absolute Gasteiger partial charge is 0.508 e. The summed E-state index contributed by atoms with van der Waals surface area (Å²) in [5.74, 6) is 0.141. The molecule has 0 fully saturated rings. The minimum atomic E-state index is -3.81. The second-order valence-corrected chi connectivity index (χ2v) is 13.7. The van der Waals surface area contributed by atoms with Crippen LogP contribution in [0.25, 0.3) is 10.4 Å². The zero-order valence-electron chi connectivity index (χ0n) is 23.3. The Morgan fingerprint density at radius 1 is 0.929 bits per heavy atom. The van der Waals surface area contributed by atoms with Crippen LogP contribution in [-0.2, 0) is 26.3 Å². The van der Waals surface area contributed by atoms with Gasteiger partial charge in [-0.05, 0) is 59.8 Å². The number of aliphatic hydroxyl groups is 1. The highest BCUT2D eigenvalue weighted by Crippen LogP contribution is 2.20. The number of phenols is 1. The van der Waals surface area contributed by atoms with Crippen LogP contribution in [0.3, 0.4) is 0 Å². The molecule has 1 unspecified atom stereocenters. The Hall–Kier alpha value is -4.01. The monoisotopic (exact) mass is 619 g/mol. The predicted octanol–water partition coefficient (Wildman–Crippen LogP) is 4.32. The Kier molecular flexibility index (Phi) is 12.4. The van der Waals surface area contributed by atoms with Gasteiger partial charge >= 0.3 is 0 Å². The number of hydrogen-bond acceptors (Lipinski definition) is 9. The van der Waals surface area contributed by atoms with Crippen molar-refractivity contribution in [3.63, 3.8) is 0 Å². The smallest absolute Gasteiger partial charge is 0.269 e. The van der Waals surface area contributed by atoms with E-state index in [1.54, 1.807) is 30.3 Å². The van der Waals surface area contributed by atoms with Crippen molar-refractivity contribution in [1.82, 2.24) is 4.31 Å².